The molecular weight excluding hydrogens is 304 g/mol. The van der Waals surface area contributed by atoms with Crippen molar-refractivity contribution in [1.82, 2.24) is 0 Å². The monoisotopic (exact) mass is 320 g/mol. The maximum atomic E-state index is 10.6. The minimum absolute atomic E-state index is 0.181. The van der Waals surface area contributed by atoms with Crippen molar-refractivity contribution in [2.75, 3.05) is 7.11 Å². The maximum Gasteiger partial charge on any atom is 0.269 e. The molecule has 120 valence electrons. The van der Waals surface area contributed by atoms with Crippen LogP contribution >= 0.6 is 0 Å². The van der Waals surface area contributed by atoms with Gasteiger partial charge in [-0.25, -0.2) is 0 Å². The van der Waals surface area contributed by atoms with Crippen LogP contribution < -0.4 is 9.47 Å². The lowest BCUT2D eigenvalue weighted by Gasteiger charge is -2.26. The summed E-state index contributed by atoms with van der Waals surface area (Å²) in [5.41, 5.74) is 3.64. The average Bonchev–Trinajstić information content (AvgIpc) is 3.11. The Morgan fingerprint density at radius 2 is 2.04 bits per heavy atom. The van der Waals surface area contributed by atoms with E-state index >= 15 is 0 Å². The van der Waals surface area contributed by atoms with Gasteiger partial charge in [-0.3, -0.25) is 0 Å². The largest absolute Gasteiger partial charge is 0.507 e. The lowest BCUT2D eigenvalue weighted by Crippen LogP contribution is -2.30. The zero-order chi connectivity index (χ0) is 16.5. The summed E-state index contributed by atoms with van der Waals surface area (Å²) >= 11 is 0. The first-order valence-corrected chi connectivity index (χ1v) is 7.90. The van der Waals surface area contributed by atoms with Gasteiger partial charge in [0.25, 0.3) is 5.79 Å². The standard InChI is InChI=1S/C20H16O4/c1-11-8-12-6-7-15(21)19-18(12)17(9-11)24-20(19)14-4-3-5-16(22-2)13(14)10-23-20/h3-9,21H,10H2,1-2H3/t20-/m1/s1. The third kappa shape index (κ3) is 1.51. The van der Waals surface area contributed by atoms with Crippen molar-refractivity contribution >= 4 is 10.8 Å². The molecule has 2 aliphatic heterocycles. The minimum Gasteiger partial charge on any atom is -0.507 e. The Hall–Kier alpha value is -2.72. The molecule has 3 aromatic rings. The van der Waals surface area contributed by atoms with E-state index < -0.39 is 5.79 Å². The number of hydrogen-bond donors (Lipinski definition) is 1. The van der Waals surface area contributed by atoms with Crippen molar-refractivity contribution in [3.8, 4) is 17.2 Å². The van der Waals surface area contributed by atoms with Crippen molar-refractivity contribution in [2.24, 2.45) is 0 Å². The van der Waals surface area contributed by atoms with E-state index in [1.807, 2.05) is 37.3 Å². The van der Waals surface area contributed by atoms with Crippen LogP contribution in [0.25, 0.3) is 10.8 Å². The van der Waals surface area contributed by atoms with Crippen LogP contribution in [0, 0.1) is 6.92 Å². The second-order valence-electron chi connectivity index (χ2n) is 6.31. The van der Waals surface area contributed by atoms with Gasteiger partial charge in [-0.2, -0.15) is 0 Å². The second kappa shape index (κ2) is 4.42. The van der Waals surface area contributed by atoms with Crippen LogP contribution in [0.3, 0.4) is 0 Å². The van der Waals surface area contributed by atoms with Crippen LogP contribution in [-0.2, 0) is 17.1 Å². The molecule has 2 aliphatic rings. The molecule has 0 saturated heterocycles. The van der Waals surface area contributed by atoms with E-state index in [4.69, 9.17) is 14.2 Å². The quantitative estimate of drug-likeness (QED) is 0.736. The van der Waals surface area contributed by atoms with Gasteiger partial charge in [0.05, 0.1) is 19.3 Å². The molecule has 0 bridgehead atoms. The Balaban J connectivity index is 1.86. The molecule has 4 heteroatoms. The summed E-state index contributed by atoms with van der Waals surface area (Å²) in [5, 5.41) is 12.5. The van der Waals surface area contributed by atoms with Gasteiger partial charge in [0.2, 0.25) is 0 Å². The number of ether oxygens (including phenoxy) is 3. The molecule has 0 saturated carbocycles. The van der Waals surface area contributed by atoms with Crippen molar-refractivity contribution < 1.29 is 19.3 Å². The first-order chi connectivity index (χ1) is 11.6. The van der Waals surface area contributed by atoms with Crippen molar-refractivity contribution in [1.29, 1.82) is 0 Å². The summed E-state index contributed by atoms with van der Waals surface area (Å²) < 4.78 is 17.9. The Kier molecular flexibility index (Phi) is 2.52. The molecule has 2 heterocycles. The lowest BCUT2D eigenvalue weighted by molar-refractivity contribution is -0.143. The number of benzene rings is 3. The van der Waals surface area contributed by atoms with E-state index in [0.717, 1.165) is 39.0 Å². The first kappa shape index (κ1) is 13.7. The summed E-state index contributed by atoms with van der Waals surface area (Å²) in [6, 6.07) is 13.5. The van der Waals surface area contributed by atoms with Crippen LogP contribution in [0.2, 0.25) is 0 Å². The Bertz CT molecular complexity index is 1010. The first-order valence-electron chi connectivity index (χ1n) is 7.90. The summed E-state index contributed by atoms with van der Waals surface area (Å²) in [5.74, 6) is 0.586. The number of fused-ring (bicyclic) bond motifs is 3. The Morgan fingerprint density at radius 3 is 2.88 bits per heavy atom. The molecular formula is C20H16O4. The molecule has 0 radical (unpaired) electrons. The van der Waals surface area contributed by atoms with Crippen LogP contribution in [0.4, 0.5) is 0 Å². The van der Waals surface area contributed by atoms with E-state index in [9.17, 15) is 5.11 Å². The van der Waals surface area contributed by atoms with E-state index in [1.165, 1.54) is 0 Å². The van der Waals surface area contributed by atoms with Gasteiger partial charge in [0.15, 0.2) is 0 Å². The predicted octanol–water partition coefficient (Wildman–Crippen LogP) is 3.99. The smallest absolute Gasteiger partial charge is 0.269 e. The number of aromatic hydroxyl groups is 1. The Labute approximate surface area is 139 Å². The van der Waals surface area contributed by atoms with Crippen LogP contribution in [0.5, 0.6) is 17.2 Å². The topological polar surface area (TPSA) is 47.9 Å². The molecule has 4 nitrogen and oxygen atoms in total. The molecule has 0 unspecified atom stereocenters. The van der Waals surface area contributed by atoms with Crippen molar-refractivity contribution in [3.05, 3.63) is 64.7 Å². The number of aryl methyl sites for hydroxylation is 1. The van der Waals surface area contributed by atoms with Crippen LogP contribution in [0.1, 0.15) is 22.3 Å². The molecule has 1 N–H and O–H groups in total. The summed E-state index contributed by atoms with van der Waals surface area (Å²) in [4.78, 5) is 0. The third-order valence-corrected chi connectivity index (χ3v) is 4.91. The molecule has 0 amide bonds. The highest BCUT2D eigenvalue weighted by atomic mass is 16.7. The van der Waals surface area contributed by atoms with Gasteiger partial charge in [-0.05, 0) is 36.1 Å². The number of phenols is 1. The number of methoxy groups -OCH3 is 1. The average molecular weight is 320 g/mol. The zero-order valence-corrected chi connectivity index (χ0v) is 13.4. The van der Waals surface area contributed by atoms with E-state index in [1.54, 1.807) is 13.2 Å². The number of phenolic OH excluding ortho intramolecular Hbond substituents is 1. The molecule has 0 aliphatic carbocycles. The molecule has 0 aromatic heterocycles. The fourth-order valence-electron chi connectivity index (χ4n) is 3.94. The van der Waals surface area contributed by atoms with E-state index in [0.29, 0.717) is 12.2 Å². The Morgan fingerprint density at radius 1 is 1.17 bits per heavy atom. The SMILES string of the molecule is COc1cccc2c1CO[C@@]21Oc2cc(C)cc3ccc(O)c1c23. The highest BCUT2D eigenvalue weighted by Gasteiger charge is 2.52. The van der Waals surface area contributed by atoms with Crippen LogP contribution in [0.15, 0.2) is 42.5 Å². The van der Waals surface area contributed by atoms with E-state index in [2.05, 4.69) is 6.07 Å². The number of hydrogen-bond acceptors (Lipinski definition) is 4. The van der Waals surface area contributed by atoms with Gasteiger partial charge in [0.1, 0.15) is 17.2 Å². The fraction of sp³-hybridized carbons (Fsp3) is 0.200. The minimum atomic E-state index is -1.11. The molecule has 3 aromatic carbocycles. The van der Waals surface area contributed by atoms with Gasteiger partial charge in [0, 0.05) is 16.5 Å². The van der Waals surface area contributed by atoms with Gasteiger partial charge < -0.3 is 19.3 Å². The van der Waals surface area contributed by atoms with Crippen molar-refractivity contribution in [3.63, 3.8) is 0 Å². The molecule has 5 rings (SSSR count). The van der Waals surface area contributed by atoms with Gasteiger partial charge in [-0.15, -0.1) is 0 Å². The predicted molar refractivity (Wildman–Crippen MR) is 89.5 cm³/mol. The fourth-order valence-corrected chi connectivity index (χ4v) is 3.94. The van der Waals surface area contributed by atoms with E-state index in [-0.39, 0.29) is 5.75 Å². The third-order valence-electron chi connectivity index (χ3n) is 4.91. The zero-order valence-electron chi connectivity index (χ0n) is 13.4. The summed E-state index contributed by atoms with van der Waals surface area (Å²) in [6.45, 7) is 2.41. The van der Waals surface area contributed by atoms with Crippen LogP contribution in [-0.4, -0.2) is 12.2 Å². The maximum absolute atomic E-state index is 10.6. The normalized spacial score (nSPS) is 20.4. The highest BCUT2D eigenvalue weighted by Crippen LogP contribution is 2.56. The van der Waals surface area contributed by atoms with Crippen molar-refractivity contribution in [2.45, 2.75) is 19.3 Å². The van der Waals surface area contributed by atoms with Gasteiger partial charge >= 0.3 is 0 Å². The summed E-state index contributed by atoms with van der Waals surface area (Å²) in [7, 11) is 1.65. The molecule has 1 spiro atoms. The molecule has 0 fully saturated rings. The number of rotatable bonds is 1. The highest BCUT2D eigenvalue weighted by molar-refractivity contribution is 5.96. The summed E-state index contributed by atoms with van der Waals surface area (Å²) in [6.07, 6.45) is 0. The molecule has 1 atom stereocenters. The molecule has 24 heavy (non-hydrogen) atoms. The second-order valence-corrected chi connectivity index (χ2v) is 6.31. The van der Waals surface area contributed by atoms with Gasteiger partial charge in [-0.1, -0.05) is 24.3 Å². The lowest BCUT2D eigenvalue weighted by atomic mass is 9.92.